The van der Waals surface area contributed by atoms with Gasteiger partial charge in [0, 0.05) is 36.4 Å². The number of nitrogens with one attached hydrogen (secondary N) is 2. The number of pyridine rings is 1. The van der Waals surface area contributed by atoms with Gasteiger partial charge in [0.2, 0.25) is 5.88 Å². The van der Waals surface area contributed by atoms with Crippen LogP contribution in [0.25, 0.3) is 0 Å². The number of benzene rings is 1. The van der Waals surface area contributed by atoms with Gasteiger partial charge in [0.25, 0.3) is 0 Å². The molecule has 7 heteroatoms. The Labute approximate surface area is 161 Å². The van der Waals surface area contributed by atoms with Crippen molar-refractivity contribution in [2.75, 3.05) is 0 Å². The van der Waals surface area contributed by atoms with Crippen molar-refractivity contribution in [1.82, 2.24) is 15.6 Å². The smallest absolute Gasteiger partial charge is 0.315 e. The second-order valence-corrected chi connectivity index (χ2v) is 6.60. The third-order valence-electron chi connectivity index (χ3n) is 4.66. The average Bonchev–Trinajstić information content (AvgIpc) is 3.17. The lowest BCUT2D eigenvalue weighted by Crippen LogP contribution is -2.38. The van der Waals surface area contributed by atoms with Crippen LogP contribution in [-0.2, 0) is 13.0 Å². The van der Waals surface area contributed by atoms with Crippen molar-refractivity contribution in [3.8, 4) is 11.6 Å². The Bertz CT molecular complexity index is 973. The molecule has 0 saturated carbocycles. The predicted octanol–water partition coefficient (Wildman–Crippen LogP) is 4.48. The van der Waals surface area contributed by atoms with Crippen LogP contribution in [-0.4, -0.2) is 11.0 Å². The zero-order valence-corrected chi connectivity index (χ0v) is 15.2. The molecule has 3 aromatic rings. The molecule has 4 rings (SSSR count). The number of amides is 2. The lowest BCUT2D eigenvalue weighted by Gasteiger charge is -2.23. The first-order valence-corrected chi connectivity index (χ1v) is 9.17. The standard InChI is InChI=1S/C21H20FN3O3/c22-15-5-1-6-16(12-15)28-20-14(4-3-10-23-20)13-24-21(26)25-18-7-2-8-19-17(18)9-11-27-19/h1,3-6,9-12,18H,2,7-8,13H2,(H2,24,25,26). The Kier molecular flexibility index (Phi) is 5.23. The molecule has 2 amide bonds. The first-order valence-electron chi connectivity index (χ1n) is 9.17. The molecule has 2 heterocycles. The number of hydrogen-bond donors (Lipinski definition) is 2. The van der Waals surface area contributed by atoms with Crippen molar-refractivity contribution in [2.24, 2.45) is 0 Å². The summed E-state index contributed by atoms with van der Waals surface area (Å²) in [5.74, 6) is 1.22. The predicted molar refractivity (Wildman–Crippen MR) is 100 cm³/mol. The molecule has 0 saturated heterocycles. The maximum absolute atomic E-state index is 13.4. The highest BCUT2D eigenvalue weighted by Crippen LogP contribution is 2.30. The fourth-order valence-electron chi connectivity index (χ4n) is 3.31. The van der Waals surface area contributed by atoms with Crippen molar-refractivity contribution in [1.29, 1.82) is 0 Å². The average molecular weight is 381 g/mol. The molecule has 0 aliphatic heterocycles. The lowest BCUT2D eigenvalue weighted by molar-refractivity contribution is 0.234. The molecule has 28 heavy (non-hydrogen) atoms. The number of rotatable bonds is 5. The summed E-state index contributed by atoms with van der Waals surface area (Å²) in [5, 5.41) is 5.82. The lowest BCUT2D eigenvalue weighted by atomic mass is 9.93. The van der Waals surface area contributed by atoms with E-state index in [1.54, 1.807) is 36.7 Å². The number of halogens is 1. The molecule has 0 fully saturated rings. The summed E-state index contributed by atoms with van der Waals surface area (Å²) in [6.07, 6.45) is 5.99. The van der Waals surface area contributed by atoms with E-state index >= 15 is 0 Å². The number of carbonyl (C=O) groups is 1. The monoisotopic (exact) mass is 381 g/mol. The van der Waals surface area contributed by atoms with Gasteiger partial charge in [0.05, 0.1) is 12.3 Å². The minimum atomic E-state index is -0.390. The van der Waals surface area contributed by atoms with E-state index in [0.29, 0.717) is 17.2 Å². The van der Waals surface area contributed by atoms with Gasteiger partial charge in [0.15, 0.2) is 0 Å². The molecule has 1 aromatic carbocycles. The number of aromatic nitrogens is 1. The summed E-state index contributed by atoms with van der Waals surface area (Å²) < 4.78 is 24.5. The highest BCUT2D eigenvalue weighted by Gasteiger charge is 2.24. The van der Waals surface area contributed by atoms with Gasteiger partial charge in [-0.05, 0) is 37.1 Å². The maximum Gasteiger partial charge on any atom is 0.315 e. The van der Waals surface area contributed by atoms with E-state index in [-0.39, 0.29) is 18.6 Å². The number of urea groups is 1. The Balaban J connectivity index is 1.38. The van der Waals surface area contributed by atoms with Crippen LogP contribution in [0.4, 0.5) is 9.18 Å². The summed E-state index contributed by atoms with van der Waals surface area (Å²) in [5.41, 5.74) is 1.73. The van der Waals surface area contributed by atoms with E-state index in [4.69, 9.17) is 9.15 Å². The van der Waals surface area contributed by atoms with Crippen molar-refractivity contribution in [3.63, 3.8) is 0 Å². The van der Waals surface area contributed by atoms with Crippen LogP contribution in [0.3, 0.4) is 0 Å². The number of furan rings is 1. The Morgan fingerprint density at radius 1 is 1.29 bits per heavy atom. The highest BCUT2D eigenvalue weighted by atomic mass is 19.1. The van der Waals surface area contributed by atoms with Crippen LogP contribution in [0.15, 0.2) is 59.3 Å². The minimum Gasteiger partial charge on any atom is -0.469 e. The fourth-order valence-corrected chi connectivity index (χ4v) is 3.31. The van der Waals surface area contributed by atoms with Gasteiger partial charge in [-0.25, -0.2) is 14.2 Å². The van der Waals surface area contributed by atoms with E-state index in [2.05, 4.69) is 15.6 Å². The van der Waals surface area contributed by atoms with E-state index in [1.807, 2.05) is 6.07 Å². The van der Waals surface area contributed by atoms with Crippen molar-refractivity contribution in [2.45, 2.75) is 31.8 Å². The summed E-state index contributed by atoms with van der Waals surface area (Å²) in [6, 6.07) is 11.0. The highest BCUT2D eigenvalue weighted by molar-refractivity contribution is 5.74. The van der Waals surface area contributed by atoms with Gasteiger partial charge in [0.1, 0.15) is 17.3 Å². The molecule has 144 valence electrons. The Morgan fingerprint density at radius 3 is 3.11 bits per heavy atom. The van der Waals surface area contributed by atoms with Crippen molar-refractivity contribution < 1.29 is 18.3 Å². The maximum atomic E-state index is 13.4. The van der Waals surface area contributed by atoms with Gasteiger partial charge in [-0.15, -0.1) is 0 Å². The molecule has 0 radical (unpaired) electrons. The quantitative estimate of drug-likeness (QED) is 0.683. The second-order valence-electron chi connectivity index (χ2n) is 6.60. The Hall–Kier alpha value is -3.35. The number of fused-ring (bicyclic) bond motifs is 1. The molecule has 6 nitrogen and oxygen atoms in total. The van der Waals surface area contributed by atoms with Gasteiger partial charge in [-0.2, -0.15) is 0 Å². The van der Waals surface area contributed by atoms with E-state index < -0.39 is 5.82 Å². The van der Waals surface area contributed by atoms with E-state index in [1.165, 1.54) is 12.1 Å². The Morgan fingerprint density at radius 2 is 2.21 bits per heavy atom. The van der Waals surface area contributed by atoms with Gasteiger partial charge < -0.3 is 19.8 Å². The zero-order chi connectivity index (χ0) is 19.3. The molecule has 2 N–H and O–H groups in total. The number of aryl methyl sites for hydroxylation is 1. The normalized spacial score (nSPS) is 15.5. The van der Waals surface area contributed by atoms with Crippen LogP contribution in [0, 0.1) is 5.82 Å². The number of carbonyl (C=O) groups excluding carboxylic acids is 1. The molecular formula is C21H20FN3O3. The van der Waals surface area contributed by atoms with Gasteiger partial charge in [-0.1, -0.05) is 12.1 Å². The molecule has 0 bridgehead atoms. The van der Waals surface area contributed by atoms with Crippen molar-refractivity contribution in [3.05, 3.63) is 77.6 Å². The molecule has 1 unspecified atom stereocenters. The second kappa shape index (κ2) is 8.12. The van der Waals surface area contributed by atoms with Crippen LogP contribution in [0.2, 0.25) is 0 Å². The molecular weight excluding hydrogens is 361 g/mol. The summed E-state index contributed by atoms with van der Waals surface area (Å²) in [4.78, 5) is 16.6. The molecule has 2 aromatic heterocycles. The summed E-state index contributed by atoms with van der Waals surface area (Å²) >= 11 is 0. The fraction of sp³-hybridized carbons (Fsp3) is 0.238. The van der Waals surface area contributed by atoms with Crippen LogP contribution >= 0.6 is 0 Å². The van der Waals surface area contributed by atoms with Gasteiger partial charge in [-0.3, -0.25) is 0 Å². The minimum absolute atomic E-state index is 0.0561. The van der Waals surface area contributed by atoms with Gasteiger partial charge >= 0.3 is 6.03 Å². The SMILES string of the molecule is O=C(NCc1cccnc1Oc1cccc(F)c1)NC1CCCc2occc21. The van der Waals surface area contributed by atoms with E-state index in [0.717, 1.165) is 30.6 Å². The van der Waals surface area contributed by atoms with E-state index in [9.17, 15) is 9.18 Å². The largest absolute Gasteiger partial charge is 0.469 e. The third-order valence-corrected chi connectivity index (χ3v) is 4.66. The zero-order valence-electron chi connectivity index (χ0n) is 15.2. The topological polar surface area (TPSA) is 76.4 Å². The first kappa shape index (κ1) is 18.0. The van der Waals surface area contributed by atoms with Crippen molar-refractivity contribution >= 4 is 6.03 Å². The third kappa shape index (κ3) is 4.14. The molecule has 1 atom stereocenters. The first-order chi connectivity index (χ1) is 13.7. The molecule has 0 spiro atoms. The summed E-state index contributed by atoms with van der Waals surface area (Å²) in [6.45, 7) is 0.231. The van der Waals surface area contributed by atoms with Crippen LogP contribution < -0.4 is 15.4 Å². The number of nitrogens with zero attached hydrogens (tertiary/aromatic N) is 1. The molecule has 1 aliphatic rings. The summed E-state index contributed by atoms with van der Waals surface area (Å²) in [7, 11) is 0. The molecule has 1 aliphatic carbocycles. The number of hydrogen-bond acceptors (Lipinski definition) is 4. The van der Waals surface area contributed by atoms with Crippen LogP contribution in [0.5, 0.6) is 11.6 Å². The van der Waals surface area contributed by atoms with Crippen LogP contribution in [0.1, 0.15) is 35.8 Å². The number of ether oxygens (including phenoxy) is 1.